The fourth-order valence-electron chi connectivity index (χ4n) is 3.20. The Morgan fingerprint density at radius 2 is 2.00 bits per heavy atom. The standard InChI is InChI=1S/C17H22FN3O2S/c1-2-24(22,23)21-15-8-6-12(7-9-15)16-11-17(20-19-16)13-4-3-5-14(18)10-13/h3-5,10-12,15,21H,2,6-9H2,1H3,(H,19,20). The second kappa shape index (κ2) is 7.03. The van der Waals surface area contributed by atoms with Crippen molar-refractivity contribution in [2.75, 3.05) is 5.75 Å². The third-order valence-electron chi connectivity index (χ3n) is 4.61. The first-order valence-electron chi connectivity index (χ1n) is 8.28. The van der Waals surface area contributed by atoms with E-state index in [1.54, 1.807) is 13.0 Å². The summed E-state index contributed by atoms with van der Waals surface area (Å²) >= 11 is 0. The minimum absolute atomic E-state index is 0.0248. The monoisotopic (exact) mass is 351 g/mol. The maximum atomic E-state index is 13.3. The lowest BCUT2D eigenvalue weighted by Crippen LogP contribution is -2.38. The van der Waals surface area contributed by atoms with E-state index in [4.69, 9.17) is 0 Å². The highest BCUT2D eigenvalue weighted by Gasteiger charge is 2.26. The van der Waals surface area contributed by atoms with Crippen molar-refractivity contribution in [3.8, 4) is 11.3 Å². The van der Waals surface area contributed by atoms with Gasteiger partial charge in [0.15, 0.2) is 0 Å². The summed E-state index contributed by atoms with van der Waals surface area (Å²) in [5, 5.41) is 7.35. The second-order valence-corrected chi connectivity index (χ2v) is 8.33. The summed E-state index contributed by atoms with van der Waals surface area (Å²) in [4.78, 5) is 0. The van der Waals surface area contributed by atoms with E-state index < -0.39 is 10.0 Å². The molecule has 1 aromatic heterocycles. The average Bonchev–Trinajstić information content (AvgIpc) is 3.05. The Labute approximate surface area is 141 Å². The van der Waals surface area contributed by atoms with Crippen LogP contribution in [0.1, 0.15) is 44.2 Å². The summed E-state index contributed by atoms with van der Waals surface area (Å²) < 4.78 is 39.4. The summed E-state index contributed by atoms with van der Waals surface area (Å²) in [6.07, 6.45) is 3.44. The molecule has 5 nitrogen and oxygen atoms in total. The largest absolute Gasteiger partial charge is 0.282 e. The van der Waals surface area contributed by atoms with Crippen molar-refractivity contribution in [2.24, 2.45) is 0 Å². The SMILES string of the molecule is CCS(=O)(=O)NC1CCC(c2cc(-c3cccc(F)c3)n[nH]2)CC1. The van der Waals surface area contributed by atoms with Crippen LogP contribution >= 0.6 is 0 Å². The molecule has 0 radical (unpaired) electrons. The predicted octanol–water partition coefficient (Wildman–Crippen LogP) is 3.18. The molecular weight excluding hydrogens is 329 g/mol. The number of nitrogens with one attached hydrogen (secondary N) is 2. The van der Waals surface area contributed by atoms with Crippen molar-refractivity contribution in [3.05, 3.63) is 41.8 Å². The van der Waals surface area contributed by atoms with E-state index in [-0.39, 0.29) is 17.6 Å². The van der Waals surface area contributed by atoms with E-state index in [1.165, 1.54) is 12.1 Å². The molecule has 0 aliphatic heterocycles. The predicted molar refractivity (Wildman–Crippen MR) is 91.6 cm³/mol. The fourth-order valence-corrected chi connectivity index (χ4v) is 4.11. The molecule has 0 amide bonds. The molecule has 2 aromatic rings. The molecule has 0 bridgehead atoms. The van der Waals surface area contributed by atoms with Gasteiger partial charge in [0.2, 0.25) is 10.0 Å². The maximum Gasteiger partial charge on any atom is 0.211 e. The van der Waals surface area contributed by atoms with E-state index >= 15 is 0 Å². The molecule has 1 aliphatic carbocycles. The van der Waals surface area contributed by atoms with Crippen molar-refractivity contribution in [1.29, 1.82) is 0 Å². The molecule has 3 rings (SSSR count). The van der Waals surface area contributed by atoms with Gasteiger partial charge in [0.25, 0.3) is 0 Å². The summed E-state index contributed by atoms with van der Waals surface area (Å²) in [5.41, 5.74) is 2.52. The van der Waals surface area contributed by atoms with Crippen molar-refractivity contribution in [3.63, 3.8) is 0 Å². The second-order valence-electron chi connectivity index (χ2n) is 6.29. The first-order valence-corrected chi connectivity index (χ1v) is 9.93. The number of aromatic nitrogens is 2. The van der Waals surface area contributed by atoms with Crippen LogP contribution in [0.3, 0.4) is 0 Å². The summed E-state index contributed by atoms with van der Waals surface area (Å²) in [6.45, 7) is 1.65. The number of rotatable bonds is 5. The highest BCUT2D eigenvalue weighted by atomic mass is 32.2. The molecule has 7 heteroatoms. The molecule has 2 N–H and O–H groups in total. The van der Waals surface area contributed by atoms with E-state index in [0.717, 1.165) is 42.6 Å². The van der Waals surface area contributed by atoms with Gasteiger partial charge < -0.3 is 0 Å². The molecule has 1 aliphatic rings. The molecule has 0 unspecified atom stereocenters. The molecule has 1 aromatic carbocycles. The van der Waals surface area contributed by atoms with Crippen molar-refractivity contribution < 1.29 is 12.8 Å². The average molecular weight is 351 g/mol. The number of H-pyrrole nitrogens is 1. The Morgan fingerprint density at radius 3 is 2.67 bits per heavy atom. The van der Waals surface area contributed by atoms with Gasteiger partial charge in [-0.1, -0.05) is 12.1 Å². The zero-order chi connectivity index (χ0) is 17.2. The topological polar surface area (TPSA) is 74.8 Å². The third kappa shape index (κ3) is 4.02. The van der Waals surface area contributed by atoms with Crippen LogP contribution in [0.2, 0.25) is 0 Å². The van der Waals surface area contributed by atoms with Crippen molar-refractivity contribution in [2.45, 2.75) is 44.6 Å². The van der Waals surface area contributed by atoms with Gasteiger partial charge in [0.05, 0.1) is 11.4 Å². The quantitative estimate of drug-likeness (QED) is 0.869. The number of nitrogens with zero attached hydrogens (tertiary/aromatic N) is 1. The van der Waals surface area contributed by atoms with Crippen LogP contribution in [-0.4, -0.2) is 30.4 Å². The van der Waals surface area contributed by atoms with Gasteiger partial charge >= 0.3 is 0 Å². The third-order valence-corrected chi connectivity index (χ3v) is 6.06. The number of sulfonamides is 1. The first-order chi connectivity index (χ1) is 11.5. The highest BCUT2D eigenvalue weighted by molar-refractivity contribution is 7.89. The van der Waals surface area contributed by atoms with Crippen LogP contribution in [0.4, 0.5) is 4.39 Å². The Balaban J connectivity index is 1.63. The zero-order valence-electron chi connectivity index (χ0n) is 13.6. The molecule has 0 atom stereocenters. The minimum atomic E-state index is -3.14. The normalized spacial score (nSPS) is 21.8. The van der Waals surface area contributed by atoms with Gasteiger partial charge in [0.1, 0.15) is 5.82 Å². The Morgan fingerprint density at radius 1 is 1.25 bits per heavy atom. The molecule has 1 heterocycles. The van der Waals surface area contributed by atoms with Crippen molar-refractivity contribution >= 4 is 10.0 Å². The lowest BCUT2D eigenvalue weighted by Gasteiger charge is -2.28. The van der Waals surface area contributed by atoms with E-state index in [2.05, 4.69) is 14.9 Å². The summed E-state index contributed by atoms with van der Waals surface area (Å²) in [6, 6.07) is 8.38. The van der Waals surface area contributed by atoms with E-state index in [0.29, 0.717) is 5.92 Å². The Bertz CT molecular complexity index is 796. The highest BCUT2D eigenvalue weighted by Crippen LogP contribution is 2.33. The first kappa shape index (κ1) is 17.1. The van der Waals surface area contributed by atoms with Crippen LogP contribution in [0.5, 0.6) is 0 Å². The fraction of sp³-hybridized carbons (Fsp3) is 0.471. The van der Waals surface area contributed by atoms with E-state index in [1.807, 2.05) is 12.1 Å². The molecule has 0 saturated heterocycles. The number of aromatic amines is 1. The van der Waals surface area contributed by atoms with Gasteiger partial charge in [-0.2, -0.15) is 5.10 Å². The van der Waals surface area contributed by atoms with Crippen LogP contribution in [-0.2, 0) is 10.0 Å². The molecular formula is C17H22FN3O2S. The van der Waals surface area contributed by atoms with Gasteiger partial charge in [0, 0.05) is 23.2 Å². The summed E-state index contributed by atoms with van der Waals surface area (Å²) in [5.74, 6) is 0.174. The zero-order valence-corrected chi connectivity index (χ0v) is 14.4. The van der Waals surface area contributed by atoms with Gasteiger partial charge in [-0.05, 0) is 50.8 Å². The van der Waals surface area contributed by atoms with Crippen LogP contribution in [0.25, 0.3) is 11.3 Å². The van der Waals surface area contributed by atoms with Crippen molar-refractivity contribution in [1.82, 2.24) is 14.9 Å². The molecule has 24 heavy (non-hydrogen) atoms. The molecule has 0 spiro atoms. The number of hydrogen-bond acceptors (Lipinski definition) is 3. The number of halogens is 1. The van der Waals surface area contributed by atoms with Gasteiger partial charge in [-0.25, -0.2) is 17.5 Å². The van der Waals surface area contributed by atoms with Gasteiger partial charge in [-0.3, -0.25) is 5.10 Å². The van der Waals surface area contributed by atoms with Crippen LogP contribution in [0.15, 0.2) is 30.3 Å². The maximum absolute atomic E-state index is 13.3. The molecule has 1 fully saturated rings. The van der Waals surface area contributed by atoms with E-state index in [9.17, 15) is 12.8 Å². The number of benzene rings is 1. The van der Waals surface area contributed by atoms with Gasteiger partial charge in [-0.15, -0.1) is 0 Å². The molecule has 1 saturated carbocycles. The van der Waals surface area contributed by atoms with Crippen LogP contribution < -0.4 is 4.72 Å². The van der Waals surface area contributed by atoms with Crippen LogP contribution in [0, 0.1) is 5.82 Å². The lowest BCUT2D eigenvalue weighted by molar-refractivity contribution is 0.370. The molecule has 130 valence electrons. The Kier molecular flexibility index (Phi) is 5.01. The Hall–Kier alpha value is -1.73. The smallest absolute Gasteiger partial charge is 0.211 e. The minimum Gasteiger partial charge on any atom is -0.282 e. The summed E-state index contributed by atoms with van der Waals surface area (Å²) in [7, 11) is -3.14. The lowest BCUT2D eigenvalue weighted by atomic mass is 9.84. The number of hydrogen-bond donors (Lipinski definition) is 2.